The maximum atomic E-state index is 12.5. The van der Waals surface area contributed by atoms with E-state index >= 15 is 0 Å². The van der Waals surface area contributed by atoms with Gasteiger partial charge in [-0.3, -0.25) is 4.79 Å². The first-order chi connectivity index (χ1) is 10.0. The van der Waals surface area contributed by atoms with E-state index in [0.29, 0.717) is 30.2 Å². The van der Waals surface area contributed by atoms with Gasteiger partial charge >= 0.3 is 0 Å². The van der Waals surface area contributed by atoms with Gasteiger partial charge in [-0.05, 0) is 43.0 Å². The molecule has 5 heteroatoms. The lowest BCUT2D eigenvalue weighted by atomic mass is 10.1. The van der Waals surface area contributed by atoms with Crippen molar-refractivity contribution in [1.29, 1.82) is 0 Å². The number of benzene rings is 1. The van der Waals surface area contributed by atoms with Gasteiger partial charge in [-0.15, -0.1) is 11.3 Å². The molecular formula is C16H20N2O2S. The normalized spacial score (nSPS) is 10.4. The monoisotopic (exact) mass is 304 g/mol. The molecule has 0 aliphatic heterocycles. The van der Waals surface area contributed by atoms with Gasteiger partial charge in [-0.2, -0.15) is 0 Å². The second kappa shape index (κ2) is 6.63. The number of aryl methyl sites for hydroxylation is 1. The van der Waals surface area contributed by atoms with Crippen molar-refractivity contribution >= 4 is 22.9 Å². The van der Waals surface area contributed by atoms with Crippen LogP contribution in [0.25, 0.3) is 0 Å². The van der Waals surface area contributed by atoms with E-state index in [1.807, 2.05) is 12.3 Å². The average Bonchev–Trinajstić information content (AvgIpc) is 2.83. The Morgan fingerprint density at radius 3 is 2.76 bits per heavy atom. The molecule has 0 radical (unpaired) electrons. The zero-order chi connectivity index (χ0) is 15.4. The zero-order valence-electron chi connectivity index (χ0n) is 12.6. The maximum absolute atomic E-state index is 12.5. The minimum absolute atomic E-state index is 0.0592. The van der Waals surface area contributed by atoms with Crippen molar-refractivity contribution in [1.82, 2.24) is 4.90 Å². The summed E-state index contributed by atoms with van der Waals surface area (Å²) in [7, 11) is 1.80. The third kappa shape index (κ3) is 3.76. The summed E-state index contributed by atoms with van der Waals surface area (Å²) < 4.78 is 5.43. The molecule has 1 aromatic heterocycles. The number of nitrogens with two attached hydrogens (primary N) is 1. The lowest BCUT2D eigenvalue weighted by molar-refractivity contribution is 0.0786. The molecule has 2 aromatic rings. The summed E-state index contributed by atoms with van der Waals surface area (Å²) in [5.74, 6) is 0.567. The number of carbonyl (C=O) groups excluding carboxylic acids is 1. The van der Waals surface area contributed by atoms with Gasteiger partial charge in [-0.25, -0.2) is 0 Å². The third-order valence-corrected chi connectivity index (χ3v) is 4.19. The van der Waals surface area contributed by atoms with Gasteiger partial charge in [0.2, 0.25) is 0 Å². The highest BCUT2D eigenvalue weighted by molar-refractivity contribution is 7.10. The molecule has 1 heterocycles. The molecule has 2 rings (SSSR count). The van der Waals surface area contributed by atoms with Crippen molar-refractivity contribution in [3.8, 4) is 5.75 Å². The number of carbonyl (C=O) groups is 1. The molecule has 0 aliphatic rings. The van der Waals surface area contributed by atoms with E-state index < -0.39 is 0 Å². The summed E-state index contributed by atoms with van der Waals surface area (Å²) in [6.45, 7) is 5.09. The first-order valence-corrected chi connectivity index (χ1v) is 7.71. The first kappa shape index (κ1) is 15.4. The standard InChI is InChI=1S/C16H20N2O2S/c1-4-20-14-8-12(7-13(17)9-14)16(19)18(3)10-15-11(2)5-6-21-15/h5-9H,4,10,17H2,1-3H3. The molecule has 1 amide bonds. The Balaban J connectivity index is 2.17. The Morgan fingerprint density at radius 2 is 2.14 bits per heavy atom. The van der Waals surface area contributed by atoms with E-state index in [0.717, 1.165) is 0 Å². The van der Waals surface area contributed by atoms with Crippen molar-refractivity contribution < 1.29 is 9.53 Å². The average molecular weight is 304 g/mol. The lowest BCUT2D eigenvalue weighted by Gasteiger charge is -2.18. The predicted octanol–water partition coefficient (Wildman–Crippen LogP) is 3.31. The van der Waals surface area contributed by atoms with Crippen LogP contribution in [-0.4, -0.2) is 24.5 Å². The molecule has 0 atom stereocenters. The van der Waals surface area contributed by atoms with Gasteiger partial charge in [0.05, 0.1) is 13.2 Å². The molecule has 1 aromatic carbocycles. The molecule has 0 aliphatic carbocycles. The second-order valence-corrected chi connectivity index (χ2v) is 5.91. The first-order valence-electron chi connectivity index (χ1n) is 6.83. The smallest absolute Gasteiger partial charge is 0.254 e. The number of amides is 1. The minimum atomic E-state index is -0.0592. The van der Waals surface area contributed by atoms with Crippen LogP contribution in [0.15, 0.2) is 29.6 Å². The van der Waals surface area contributed by atoms with E-state index in [4.69, 9.17) is 10.5 Å². The molecule has 0 saturated heterocycles. The maximum Gasteiger partial charge on any atom is 0.254 e. The number of rotatable bonds is 5. The number of hydrogen-bond donors (Lipinski definition) is 1. The summed E-state index contributed by atoms with van der Waals surface area (Å²) in [4.78, 5) is 15.4. The molecule has 4 nitrogen and oxygen atoms in total. The van der Waals surface area contributed by atoms with Crippen LogP contribution in [0.5, 0.6) is 5.75 Å². The molecule has 0 spiro atoms. The minimum Gasteiger partial charge on any atom is -0.494 e. The second-order valence-electron chi connectivity index (χ2n) is 4.91. The fourth-order valence-corrected chi connectivity index (χ4v) is 3.03. The molecule has 0 saturated carbocycles. The molecule has 0 unspecified atom stereocenters. The summed E-state index contributed by atoms with van der Waals surface area (Å²) in [6, 6.07) is 7.21. The third-order valence-electron chi connectivity index (χ3n) is 3.18. The van der Waals surface area contributed by atoms with Gasteiger partial charge in [0.15, 0.2) is 0 Å². The number of anilines is 1. The van der Waals surface area contributed by atoms with Crippen LogP contribution in [0.3, 0.4) is 0 Å². The summed E-state index contributed by atoms with van der Waals surface area (Å²) in [5, 5.41) is 2.04. The van der Waals surface area contributed by atoms with Crippen LogP contribution in [0.4, 0.5) is 5.69 Å². The highest BCUT2D eigenvalue weighted by Crippen LogP contribution is 2.22. The van der Waals surface area contributed by atoms with Crippen LogP contribution >= 0.6 is 11.3 Å². The van der Waals surface area contributed by atoms with E-state index in [2.05, 4.69) is 13.0 Å². The highest BCUT2D eigenvalue weighted by Gasteiger charge is 2.15. The van der Waals surface area contributed by atoms with Crippen LogP contribution in [0.2, 0.25) is 0 Å². The van der Waals surface area contributed by atoms with E-state index in [9.17, 15) is 4.79 Å². The Labute approximate surface area is 129 Å². The Morgan fingerprint density at radius 1 is 1.38 bits per heavy atom. The van der Waals surface area contributed by atoms with Crippen molar-refractivity contribution in [3.05, 3.63) is 45.6 Å². The summed E-state index contributed by atoms with van der Waals surface area (Å²) in [5.41, 5.74) is 8.13. The van der Waals surface area contributed by atoms with Crippen molar-refractivity contribution in [3.63, 3.8) is 0 Å². The van der Waals surface area contributed by atoms with Crippen molar-refractivity contribution in [2.75, 3.05) is 19.4 Å². The number of nitrogen functional groups attached to an aromatic ring is 1. The molecular weight excluding hydrogens is 284 g/mol. The summed E-state index contributed by atoms with van der Waals surface area (Å²) in [6.07, 6.45) is 0. The highest BCUT2D eigenvalue weighted by atomic mass is 32.1. The van der Waals surface area contributed by atoms with E-state index in [1.165, 1.54) is 10.4 Å². The van der Waals surface area contributed by atoms with E-state index in [1.54, 1.807) is 41.5 Å². The molecule has 0 bridgehead atoms. The molecule has 21 heavy (non-hydrogen) atoms. The van der Waals surface area contributed by atoms with Crippen LogP contribution in [-0.2, 0) is 6.54 Å². The van der Waals surface area contributed by atoms with Crippen molar-refractivity contribution in [2.24, 2.45) is 0 Å². The summed E-state index contributed by atoms with van der Waals surface area (Å²) >= 11 is 1.66. The molecule has 2 N–H and O–H groups in total. The Kier molecular flexibility index (Phi) is 4.85. The lowest BCUT2D eigenvalue weighted by Crippen LogP contribution is -2.26. The number of thiophene rings is 1. The SMILES string of the molecule is CCOc1cc(N)cc(C(=O)N(C)Cc2sccc2C)c1. The Bertz CT molecular complexity index is 637. The van der Waals surface area contributed by atoms with Crippen LogP contribution in [0.1, 0.15) is 27.7 Å². The van der Waals surface area contributed by atoms with Gasteiger partial charge in [0, 0.05) is 29.2 Å². The largest absolute Gasteiger partial charge is 0.494 e. The quantitative estimate of drug-likeness (QED) is 0.862. The number of hydrogen-bond acceptors (Lipinski definition) is 4. The fourth-order valence-electron chi connectivity index (χ4n) is 2.07. The molecule has 112 valence electrons. The topological polar surface area (TPSA) is 55.6 Å². The number of ether oxygens (including phenoxy) is 1. The fraction of sp³-hybridized carbons (Fsp3) is 0.312. The van der Waals surface area contributed by atoms with Gasteiger partial charge < -0.3 is 15.4 Å². The van der Waals surface area contributed by atoms with E-state index in [-0.39, 0.29) is 5.91 Å². The van der Waals surface area contributed by atoms with Crippen LogP contribution < -0.4 is 10.5 Å². The van der Waals surface area contributed by atoms with Gasteiger partial charge in [0.1, 0.15) is 5.75 Å². The number of nitrogens with zero attached hydrogens (tertiary/aromatic N) is 1. The molecule has 0 fully saturated rings. The van der Waals surface area contributed by atoms with Crippen molar-refractivity contribution in [2.45, 2.75) is 20.4 Å². The zero-order valence-corrected chi connectivity index (χ0v) is 13.4. The van der Waals surface area contributed by atoms with Gasteiger partial charge in [-0.1, -0.05) is 0 Å². The van der Waals surface area contributed by atoms with Gasteiger partial charge in [0.25, 0.3) is 5.91 Å². The predicted molar refractivity (Wildman–Crippen MR) is 86.9 cm³/mol. The Hall–Kier alpha value is -2.01. The van der Waals surface area contributed by atoms with Crippen LogP contribution in [0, 0.1) is 6.92 Å².